The van der Waals surface area contributed by atoms with E-state index in [2.05, 4.69) is 15.3 Å². The van der Waals surface area contributed by atoms with Gasteiger partial charge in [0.15, 0.2) is 0 Å². The molecule has 0 unspecified atom stereocenters. The Kier molecular flexibility index (Phi) is 2.15. The molecule has 0 fully saturated rings. The van der Waals surface area contributed by atoms with Gasteiger partial charge in [-0.15, -0.1) is 0 Å². The fourth-order valence-corrected chi connectivity index (χ4v) is 0.660. The molecule has 1 rings (SSSR count). The molecule has 0 spiro atoms. The zero-order chi connectivity index (χ0) is 8.27. The van der Waals surface area contributed by atoms with Gasteiger partial charge in [-0.1, -0.05) is 0 Å². The molecule has 4 nitrogen and oxygen atoms in total. The monoisotopic (exact) mass is 153 g/mol. The highest BCUT2D eigenvalue weighted by molar-refractivity contribution is 5.88. The van der Waals surface area contributed by atoms with Gasteiger partial charge < -0.3 is 5.32 Å². The average Bonchev–Trinajstić information content (AvgIpc) is 1.93. The first-order valence-electron chi connectivity index (χ1n) is 3.25. The lowest BCUT2D eigenvalue weighted by atomic mass is 10.5. The van der Waals surface area contributed by atoms with Crippen molar-refractivity contribution in [3.8, 4) is 0 Å². The summed E-state index contributed by atoms with van der Waals surface area (Å²) >= 11 is 0. The molecule has 0 bridgehead atoms. The summed E-state index contributed by atoms with van der Waals surface area (Å²) in [4.78, 5) is 18.3. The van der Waals surface area contributed by atoms with Gasteiger partial charge in [-0.3, -0.25) is 4.79 Å². The SMILES string of the molecule is CC(=O)Nc1cnc(C)nc1.[HH]. The molecule has 0 saturated carbocycles. The van der Waals surface area contributed by atoms with Crippen molar-refractivity contribution in [2.45, 2.75) is 13.8 Å². The van der Waals surface area contributed by atoms with Gasteiger partial charge in [-0.05, 0) is 6.92 Å². The van der Waals surface area contributed by atoms with Crippen molar-refractivity contribution in [3.63, 3.8) is 0 Å². The van der Waals surface area contributed by atoms with Crippen LogP contribution in [0.4, 0.5) is 5.69 Å². The van der Waals surface area contributed by atoms with Crippen LogP contribution in [0.2, 0.25) is 0 Å². The Morgan fingerprint density at radius 3 is 2.55 bits per heavy atom. The summed E-state index contributed by atoms with van der Waals surface area (Å²) in [5, 5.41) is 2.57. The molecular weight excluding hydrogens is 142 g/mol. The molecule has 0 aliphatic carbocycles. The Morgan fingerprint density at radius 1 is 1.55 bits per heavy atom. The van der Waals surface area contributed by atoms with Crippen LogP contribution in [0.15, 0.2) is 12.4 Å². The molecule has 0 aromatic carbocycles. The largest absolute Gasteiger partial charge is 0.324 e. The normalized spacial score (nSPS) is 9.27. The van der Waals surface area contributed by atoms with Crippen LogP contribution < -0.4 is 5.32 Å². The molecule has 60 valence electrons. The molecule has 1 heterocycles. The number of anilines is 1. The molecule has 0 saturated heterocycles. The molecule has 0 aliphatic rings. The van der Waals surface area contributed by atoms with E-state index < -0.39 is 0 Å². The summed E-state index contributed by atoms with van der Waals surface area (Å²) in [5.41, 5.74) is 0.628. The minimum Gasteiger partial charge on any atom is -0.324 e. The van der Waals surface area contributed by atoms with E-state index in [9.17, 15) is 4.79 Å². The molecule has 1 aromatic rings. The quantitative estimate of drug-likeness (QED) is 0.654. The summed E-state index contributed by atoms with van der Waals surface area (Å²) in [7, 11) is 0. The number of hydrogen-bond acceptors (Lipinski definition) is 3. The predicted octanol–water partition coefficient (Wildman–Crippen LogP) is 0.989. The smallest absolute Gasteiger partial charge is 0.221 e. The first kappa shape index (κ1) is 7.65. The van der Waals surface area contributed by atoms with Gasteiger partial charge in [0, 0.05) is 8.35 Å². The van der Waals surface area contributed by atoms with Crippen molar-refractivity contribution in [2.75, 3.05) is 5.32 Å². The van der Waals surface area contributed by atoms with Gasteiger partial charge in [0.25, 0.3) is 0 Å². The minimum atomic E-state index is -0.113. The number of hydrogen-bond donors (Lipinski definition) is 1. The van der Waals surface area contributed by atoms with Crippen molar-refractivity contribution in [1.29, 1.82) is 0 Å². The summed E-state index contributed by atoms with van der Waals surface area (Å²) in [6.45, 7) is 3.23. The van der Waals surface area contributed by atoms with Gasteiger partial charge >= 0.3 is 0 Å². The summed E-state index contributed by atoms with van der Waals surface area (Å²) in [5.74, 6) is 0.580. The number of nitrogens with one attached hydrogen (secondary N) is 1. The maximum Gasteiger partial charge on any atom is 0.221 e. The first-order valence-corrected chi connectivity index (χ1v) is 3.25. The second kappa shape index (κ2) is 3.09. The molecule has 0 aliphatic heterocycles. The van der Waals surface area contributed by atoms with E-state index in [-0.39, 0.29) is 7.33 Å². The van der Waals surface area contributed by atoms with Crippen molar-refractivity contribution in [2.24, 2.45) is 0 Å². The van der Waals surface area contributed by atoms with Crippen molar-refractivity contribution < 1.29 is 6.22 Å². The number of aryl methyl sites for hydroxylation is 1. The van der Waals surface area contributed by atoms with Crippen LogP contribution in [-0.2, 0) is 4.79 Å². The molecule has 4 heteroatoms. The maximum absolute atomic E-state index is 10.5. The van der Waals surface area contributed by atoms with Gasteiger partial charge in [-0.25, -0.2) is 9.97 Å². The Morgan fingerprint density at radius 2 is 2.09 bits per heavy atom. The number of nitrogens with zero attached hydrogens (tertiary/aromatic N) is 2. The van der Waals surface area contributed by atoms with E-state index >= 15 is 0 Å². The van der Waals surface area contributed by atoms with E-state index in [1.165, 1.54) is 6.92 Å². The van der Waals surface area contributed by atoms with E-state index in [0.29, 0.717) is 11.5 Å². The summed E-state index contributed by atoms with van der Waals surface area (Å²) in [6, 6.07) is 0. The highest BCUT2D eigenvalue weighted by Gasteiger charge is 1.94. The van der Waals surface area contributed by atoms with E-state index in [1.54, 1.807) is 19.3 Å². The zero-order valence-corrected chi connectivity index (χ0v) is 6.46. The number of carbonyl (C=O) groups is 1. The van der Waals surface area contributed by atoms with Crippen LogP contribution >= 0.6 is 0 Å². The number of aromatic nitrogens is 2. The molecular formula is C7H11N3O. The van der Waals surface area contributed by atoms with Crippen molar-refractivity contribution in [3.05, 3.63) is 18.2 Å². The predicted molar refractivity (Wildman–Crippen MR) is 43.2 cm³/mol. The van der Waals surface area contributed by atoms with Gasteiger partial charge in [0.2, 0.25) is 5.91 Å². The second-order valence-corrected chi connectivity index (χ2v) is 2.20. The van der Waals surface area contributed by atoms with Crippen LogP contribution in [0.1, 0.15) is 14.2 Å². The first-order chi connectivity index (χ1) is 5.18. The van der Waals surface area contributed by atoms with Crippen molar-refractivity contribution in [1.82, 2.24) is 9.97 Å². The van der Waals surface area contributed by atoms with Crippen LogP contribution in [-0.4, -0.2) is 15.9 Å². The lowest BCUT2D eigenvalue weighted by molar-refractivity contribution is -0.114. The van der Waals surface area contributed by atoms with Gasteiger partial charge in [0.1, 0.15) is 5.82 Å². The van der Waals surface area contributed by atoms with E-state index in [1.807, 2.05) is 0 Å². The molecule has 1 aromatic heterocycles. The van der Waals surface area contributed by atoms with Crippen LogP contribution in [0.25, 0.3) is 0 Å². The average molecular weight is 153 g/mol. The third kappa shape index (κ3) is 2.33. The topological polar surface area (TPSA) is 54.9 Å². The molecule has 0 radical (unpaired) electrons. The Labute approximate surface area is 66.2 Å². The number of rotatable bonds is 1. The van der Waals surface area contributed by atoms with Crippen LogP contribution in [0, 0.1) is 6.92 Å². The third-order valence-electron chi connectivity index (χ3n) is 1.10. The Bertz CT molecular complexity index is 260. The lowest BCUT2D eigenvalue weighted by Crippen LogP contribution is -2.06. The van der Waals surface area contributed by atoms with Gasteiger partial charge in [0.05, 0.1) is 18.1 Å². The highest BCUT2D eigenvalue weighted by Crippen LogP contribution is 2.00. The van der Waals surface area contributed by atoms with Crippen LogP contribution in [0.5, 0.6) is 0 Å². The Balaban J connectivity index is 0.00000121. The third-order valence-corrected chi connectivity index (χ3v) is 1.10. The Hall–Kier alpha value is -1.45. The highest BCUT2D eigenvalue weighted by atomic mass is 16.1. The minimum absolute atomic E-state index is 0. The van der Waals surface area contributed by atoms with Crippen LogP contribution in [0.3, 0.4) is 0 Å². The zero-order valence-electron chi connectivity index (χ0n) is 6.46. The second-order valence-electron chi connectivity index (χ2n) is 2.20. The molecule has 11 heavy (non-hydrogen) atoms. The number of carbonyl (C=O) groups excluding carboxylic acids is 1. The van der Waals surface area contributed by atoms with E-state index in [4.69, 9.17) is 0 Å². The lowest BCUT2D eigenvalue weighted by Gasteiger charge is -1.98. The fraction of sp³-hybridized carbons (Fsp3) is 0.286. The molecule has 0 atom stereocenters. The standard InChI is InChI=1S/C7H9N3O.H2/c1-5-8-3-7(4-9-5)10-6(2)11;/h3-4H,1-2H3,(H,10,11);1H. The van der Waals surface area contributed by atoms with Gasteiger partial charge in [-0.2, -0.15) is 0 Å². The van der Waals surface area contributed by atoms with Crippen molar-refractivity contribution >= 4 is 11.6 Å². The summed E-state index contributed by atoms with van der Waals surface area (Å²) in [6.07, 6.45) is 3.15. The summed E-state index contributed by atoms with van der Waals surface area (Å²) < 4.78 is 0. The fourth-order valence-electron chi connectivity index (χ4n) is 0.660. The maximum atomic E-state index is 10.5. The number of amides is 1. The van der Waals surface area contributed by atoms with E-state index in [0.717, 1.165) is 0 Å². The molecule has 1 amide bonds. The molecule has 1 N–H and O–H groups in total.